The van der Waals surface area contributed by atoms with Crippen LogP contribution in [0.15, 0.2) is 24.3 Å². The maximum absolute atomic E-state index is 12.6. The summed E-state index contributed by atoms with van der Waals surface area (Å²) in [4.78, 5) is 10.8. The van der Waals surface area contributed by atoms with Crippen molar-refractivity contribution in [1.82, 2.24) is 0 Å². The average Bonchev–Trinajstić information content (AvgIpc) is 2.05. The molecule has 15 heavy (non-hydrogen) atoms. The van der Waals surface area contributed by atoms with Crippen molar-refractivity contribution in [3.05, 3.63) is 35.6 Å². The van der Waals surface area contributed by atoms with E-state index < -0.39 is 26.9 Å². The lowest BCUT2D eigenvalue weighted by Gasteiger charge is -2.09. The highest BCUT2D eigenvalue weighted by molar-refractivity contribution is 7.91. The Morgan fingerprint density at radius 1 is 1.33 bits per heavy atom. The third-order valence-electron chi connectivity index (χ3n) is 1.83. The van der Waals surface area contributed by atoms with Gasteiger partial charge in [-0.3, -0.25) is 4.79 Å². The molecule has 0 bridgehead atoms. The number of carbonyl (C=O) groups is 1. The van der Waals surface area contributed by atoms with Gasteiger partial charge in [-0.1, -0.05) is 12.1 Å². The molecule has 0 aliphatic heterocycles. The molecule has 1 aromatic carbocycles. The lowest BCUT2D eigenvalue weighted by atomic mass is 10.1. The van der Waals surface area contributed by atoms with Crippen LogP contribution in [0.3, 0.4) is 0 Å². The number of carboxylic acid groups (broad SMARTS) is 1. The maximum atomic E-state index is 12.6. The zero-order chi connectivity index (χ0) is 11.6. The molecular weight excluding hydrogens is 223 g/mol. The Morgan fingerprint density at radius 2 is 1.80 bits per heavy atom. The van der Waals surface area contributed by atoms with Crippen molar-refractivity contribution >= 4 is 15.8 Å². The van der Waals surface area contributed by atoms with E-state index in [0.717, 1.165) is 30.5 Å². The first kappa shape index (κ1) is 11.6. The highest BCUT2D eigenvalue weighted by atomic mass is 32.2. The first-order chi connectivity index (χ1) is 6.82. The van der Waals surface area contributed by atoms with Crippen molar-refractivity contribution in [3.63, 3.8) is 0 Å². The summed E-state index contributed by atoms with van der Waals surface area (Å²) in [5.74, 6) is -2.01. The summed E-state index contributed by atoms with van der Waals surface area (Å²) in [7, 11) is -3.75. The van der Waals surface area contributed by atoms with Crippen molar-refractivity contribution in [1.29, 1.82) is 0 Å². The molecule has 1 N–H and O–H groups in total. The number of aliphatic carboxylic acids is 1. The summed E-state index contributed by atoms with van der Waals surface area (Å²) in [6, 6.07) is 4.34. The Morgan fingerprint density at radius 3 is 2.13 bits per heavy atom. The molecule has 0 heterocycles. The minimum atomic E-state index is -3.75. The van der Waals surface area contributed by atoms with Gasteiger partial charge in [-0.25, -0.2) is 12.8 Å². The Bertz CT molecular complexity index is 463. The van der Waals surface area contributed by atoms with E-state index in [1.165, 1.54) is 0 Å². The first-order valence-electron chi connectivity index (χ1n) is 3.99. The SMILES string of the molecule is CS(=O)(=O)C(C(=O)O)c1ccc(F)cc1. The molecule has 0 aromatic heterocycles. The fraction of sp³-hybridized carbons (Fsp3) is 0.222. The van der Waals surface area contributed by atoms with Crippen molar-refractivity contribution in [2.45, 2.75) is 5.25 Å². The van der Waals surface area contributed by atoms with Crippen LogP contribution in [0.1, 0.15) is 10.8 Å². The van der Waals surface area contributed by atoms with E-state index in [0.29, 0.717) is 0 Å². The van der Waals surface area contributed by atoms with Crippen LogP contribution in [0.4, 0.5) is 4.39 Å². The first-order valence-corrected chi connectivity index (χ1v) is 5.95. The molecule has 0 fully saturated rings. The summed E-state index contributed by atoms with van der Waals surface area (Å²) in [6.07, 6.45) is 0.829. The van der Waals surface area contributed by atoms with Gasteiger partial charge in [0.2, 0.25) is 0 Å². The molecule has 0 saturated carbocycles. The van der Waals surface area contributed by atoms with Gasteiger partial charge in [-0.05, 0) is 17.7 Å². The zero-order valence-corrected chi connectivity index (χ0v) is 8.66. The third kappa shape index (κ3) is 2.76. The van der Waals surface area contributed by atoms with Crippen LogP contribution >= 0.6 is 0 Å². The molecule has 6 heteroatoms. The van der Waals surface area contributed by atoms with Gasteiger partial charge in [-0.15, -0.1) is 0 Å². The molecule has 0 amide bonds. The normalized spacial score (nSPS) is 13.5. The number of halogens is 1. The fourth-order valence-corrected chi connectivity index (χ4v) is 2.23. The van der Waals surface area contributed by atoms with Crippen LogP contribution in [0.25, 0.3) is 0 Å². The summed E-state index contributed by atoms with van der Waals surface area (Å²) in [5.41, 5.74) is 0.0476. The minimum absolute atomic E-state index is 0.0476. The predicted octanol–water partition coefficient (Wildman–Crippen LogP) is 0.996. The van der Waals surface area contributed by atoms with Crippen molar-refractivity contribution in [2.75, 3.05) is 6.26 Å². The van der Waals surface area contributed by atoms with Gasteiger partial charge in [0.1, 0.15) is 5.82 Å². The molecule has 0 saturated heterocycles. The standard InChI is InChI=1S/C9H9FO4S/c1-15(13,14)8(9(11)12)6-2-4-7(10)5-3-6/h2-5,8H,1H3,(H,11,12). The van der Waals surface area contributed by atoms with Crippen molar-refractivity contribution < 1.29 is 22.7 Å². The lowest BCUT2D eigenvalue weighted by molar-refractivity contribution is -0.136. The molecule has 0 aliphatic carbocycles. The van der Waals surface area contributed by atoms with Crippen LogP contribution in [-0.4, -0.2) is 25.7 Å². The van der Waals surface area contributed by atoms with Gasteiger partial charge in [0.05, 0.1) is 0 Å². The van der Waals surface area contributed by atoms with E-state index in [1.807, 2.05) is 0 Å². The molecule has 1 unspecified atom stereocenters. The van der Waals surface area contributed by atoms with Gasteiger partial charge < -0.3 is 5.11 Å². The van der Waals surface area contributed by atoms with E-state index in [1.54, 1.807) is 0 Å². The number of hydrogen-bond acceptors (Lipinski definition) is 3. The predicted molar refractivity (Wildman–Crippen MR) is 51.6 cm³/mol. The molecule has 1 aromatic rings. The Kier molecular flexibility index (Phi) is 3.09. The molecule has 82 valence electrons. The van der Waals surface area contributed by atoms with Gasteiger partial charge >= 0.3 is 5.97 Å². The van der Waals surface area contributed by atoms with Gasteiger partial charge in [0, 0.05) is 6.26 Å². The van der Waals surface area contributed by atoms with E-state index in [9.17, 15) is 17.6 Å². The molecule has 1 atom stereocenters. The minimum Gasteiger partial charge on any atom is -0.480 e. The van der Waals surface area contributed by atoms with E-state index >= 15 is 0 Å². The third-order valence-corrected chi connectivity index (χ3v) is 3.16. The number of benzene rings is 1. The lowest BCUT2D eigenvalue weighted by Crippen LogP contribution is -2.20. The molecular formula is C9H9FO4S. The van der Waals surface area contributed by atoms with E-state index in [-0.39, 0.29) is 5.56 Å². The maximum Gasteiger partial charge on any atom is 0.326 e. The van der Waals surface area contributed by atoms with Crippen LogP contribution in [-0.2, 0) is 14.6 Å². The summed E-state index contributed by atoms with van der Waals surface area (Å²) in [5, 5.41) is 7.12. The average molecular weight is 232 g/mol. The number of hydrogen-bond donors (Lipinski definition) is 1. The Balaban J connectivity index is 3.23. The van der Waals surface area contributed by atoms with Crippen molar-refractivity contribution in [3.8, 4) is 0 Å². The molecule has 4 nitrogen and oxygen atoms in total. The molecule has 0 radical (unpaired) electrons. The van der Waals surface area contributed by atoms with Gasteiger partial charge in [0.25, 0.3) is 0 Å². The topological polar surface area (TPSA) is 71.4 Å². The van der Waals surface area contributed by atoms with Crippen LogP contribution < -0.4 is 0 Å². The van der Waals surface area contributed by atoms with Crippen molar-refractivity contribution in [2.24, 2.45) is 0 Å². The molecule has 0 aliphatic rings. The van der Waals surface area contributed by atoms with Crippen LogP contribution in [0.5, 0.6) is 0 Å². The number of carboxylic acids is 1. The zero-order valence-electron chi connectivity index (χ0n) is 7.84. The van der Waals surface area contributed by atoms with Crippen LogP contribution in [0.2, 0.25) is 0 Å². The number of rotatable bonds is 3. The Labute approximate surface area is 86.3 Å². The fourth-order valence-electron chi connectivity index (χ4n) is 1.21. The second-order valence-corrected chi connectivity index (χ2v) is 5.23. The molecule has 0 spiro atoms. The van der Waals surface area contributed by atoms with Gasteiger partial charge in [0.15, 0.2) is 15.1 Å². The Hall–Kier alpha value is -1.43. The van der Waals surface area contributed by atoms with E-state index in [4.69, 9.17) is 5.11 Å². The highest BCUT2D eigenvalue weighted by Crippen LogP contribution is 2.21. The second-order valence-electron chi connectivity index (χ2n) is 3.10. The monoisotopic (exact) mass is 232 g/mol. The highest BCUT2D eigenvalue weighted by Gasteiger charge is 2.30. The van der Waals surface area contributed by atoms with Crippen LogP contribution in [0, 0.1) is 5.82 Å². The molecule has 1 rings (SSSR count). The quantitative estimate of drug-likeness (QED) is 0.843. The number of sulfone groups is 1. The summed E-state index contributed by atoms with van der Waals surface area (Å²) in [6.45, 7) is 0. The second kappa shape index (κ2) is 3.98. The smallest absolute Gasteiger partial charge is 0.326 e. The summed E-state index contributed by atoms with van der Waals surface area (Å²) < 4.78 is 34.9. The van der Waals surface area contributed by atoms with Gasteiger partial charge in [-0.2, -0.15) is 0 Å². The largest absolute Gasteiger partial charge is 0.480 e. The van der Waals surface area contributed by atoms with E-state index in [2.05, 4.69) is 0 Å². The summed E-state index contributed by atoms with van der Waals surface area (Å²) >= 11 is 0.